The molecule has 0 amide bonds. The summed E-state index contributed by atoms with van der Waals surface area (Å²) in [4.78, 5) is 0. The van der Waals surface area contributed by atoms with Crippen molar-refractivity contribution in [2.24, 2.45) is 5.73 Å². The molecule has 0 saturated heterocycles. The van der Waals surface area contributed by atoms with Gasteiger partial charge in [0.25, 0.3) is 0 Å². The van der Waals surface area contributed by atoms with Gasteiger partial charge in [0, 0.05) is 27.4 Å². The first-order valence-corrected chi connectivity index (χ1v) is 5.35. The SMILES string of the molecule is CO[Si](C[CH]CN)(OC)OC. The second-order valence-corrected chi connectivity index (χ2v) is 5.02. The molecule has 4 nitrogen and oxygen atoms in total. The third-order valence-corrected chi connectivity index (χ3v) is 4.15. The van der Waals surface area contributed by atoms with Gasteiger partial charge in [0.2, 0.25) is 0 Å². The zero-order valence-corrected chi connectivity index (χ0v) is 8.29. The summed E-state index contributed by atoms with van der Waals surface area (Å²) in [6.45, 7) is 0.519. The average Bonchev–Trinajstić information content (AvgIpc) is 2.08. The Bertz CT molecular complexity index is 89.6. The molecule has 0 aliphatic carbocycles. The van der Waals surface area contributed by atoms with Gasteiger partial charge < -0.3 is 19.0 Å². The van der Waals surface area contributed by atoms with Crippen LogP contribution < -0.4 is 5.73 Å². The van der Waals surface area contributed by atoms with Crippen LogP contribution in [-0.2, 0) is 13.3 Å². The van der Waals surface area contributed by atoms with Crippen LogP contribution in [-0.4, -0.2) is 36.7 Å². The fourth-order valence-corrected chi connectivity index (χ4v) is 2.28. The van der Waals surface area contributed by atoms with E-state index in [9.17, 15) is 0 Å². The van der Waals surface area contributed by atoms with E-state index in [1.165, 1.54) is 0 Å². The van der Waals surface area contributed by atoms with Gasteiger partial charge in [-0.1, -0.05) is 0 Å². The van der Waals surface area contributed by atoms with Crippen molar-refractivity contribution in [3.05, 3.63) is 6.42 Å². The van der Waals surface area contributed by atoms with Crippen LogP contribution in [0.5, 0.6) is 0 Å². The summed E-state index contributed by atoms with van der Waals surface area (Å²) in [6, 6.07) is 0.660. The summed E-state index contributed by atoms with van der Waals surface area (Å²) in [7, 11) is 2.39. The van der Waals surface area contributed by atoms with Gasteiger partial charge in [-0.05, 0) is 13.0 Å². The van der Waals surface area contributed by atoms with Crippen molar-refractivity contribution in [1.82, 2.24) is 0 Å². The van der Waals surface area contributed by atoms with Crippen molar-refractivity contribution in [2.75, 3.05) is 27.9 Å². The Hall–Kier alpha value is 0.0569. The van der Waals surface area contributed by atoms with Crippen LogP contribution in [0.3, 0.4) is 0 Å². The maximum Gasteiger partial charge on any atom is 0.500 e. The molecule has 11 heavy (non-hydrogen) atoms. The fraction of sp³-hybridized carbons (Fsp3) is 0.833. The molecule has 0 bridgehead atoms. The summed E-state index contributed by atoms with van der Waals surface area (Å²) in [6.07, 6.45) is 1.89. The smallest absolute Gasteiger partial charge is 0.377 e. The summed E-state index contributed by atoms with van der Waals surface area (Å²) >= 11 is 0. The predicted octanol–water partition coefficient (Wildman–Crippen LogP) is 0.0275. The standard InChI is InChI=1S/C6H16NO3Si/c1-8-11(9-2,10-3)6-4-5-7/h4H,5-7H2,1-3H3. The maximum absolute atomic E-state index is 5.30. The third-order valence-electron chi connectivity index (χ3n) is 1.49. The molecule has 0 unspecified atom stereocenters. The minimum absolute atomic E-state index is 0.519. The van der Waals surface area contributed by atoms with Gasteiger partial charge in [-0.2, -0.15) is 0 Å². The number of hydrogen-bond donors (Lipinski definition) is 1. The Morgan fingerprint density at radius 1 is 1.18 bits per heavy atom. The number of hydrogen-bond acceptors (Lipinski definition) is 4. The lowest BCUT2D eigenvalue weighted by molar-refractivity contribution is 0.126. The highest BCUT2D eigenvalue weighted by Crippen LogP contribution is 2.13. The first kappa shape index (κ1) is 11.1. The molecule has 67 valence electrons. The molecular formula is C6H16NO3Si. The van der Waals surface area contributed by atoms with Crippen molar-refractivity contribution in [3.8, 4) is 0 Å². The second-order valence-electron chi connectivity index (χ2n) is 2.02. The molecule has 0 aromatic heterocycles. The fourth-order valence-electron chi connectivity index (χ4n) is 0.760. The predicted molar refractivity (Wildman–Crippen MR) is 44.9 cm³/mol. The van der Waals surface area contributed by atoms with Crippen LogP contribution in [0, 0.1) is 6.42 Å². The highest BCUT2D eigenvalue weighted by Gasteiger charge is 2.36. The zero-order valence-electron chi connectivity index (χ0n) is 7.29. The Kier molecular flexibility index (Phi) is 5.70. The Morgan fingerprint density at radius 3 is 1.91 bits per heavy atom. The molecule has 0 saturated carbocycles. The maximum atomic E-state index is 5.30. The minimum atomic E-state index is -2.37. The van der Waals surface area contributed by atoms with Crippen LogP contribution in [0.4, 0.5) is 0 Å². The summed E-state index contributed by atoms with van der Waals surface area (Å²) in [5.41, 5.74) is 5.30. The molecule has 5 heteroatoms. The molecule has 2 N–H and O–H groups in total. The summed E-state index contributed by atoms with van der Waals surface area (Å²) in [5, 5.41) is 0. The van der Waals surface area contributed by atoms with Crippen LogP contribution in [0.1, 0.15) is 0 Å². The molecule has 0 aromatic rings. The Labute approximate surface area is 69.0 Å². The third kappa shape index (κ3) is 3.30. The first-order chi connectivity index (χ1) is 5.24. The lowest BCUT2D eigenvalue weighted by atomic mass is 10.5. The van der Waals surface area contributed by atoms with E-state index >= 15 is 0 Å². The average molecular weight is 178 g/mol. The molecule has 0 aliphatic rings. The van der Waals surface area contributed by atoms with Gasteiger partial charge in [0.05, 0.1) is 0 Å². The normalized spacial score (nSPS) is 12.0. The highest BCUT2D eigenvalue weighted by atomic mass is 28.4. The highest BCUT2D eigenvalue weighted by molar-refractivity contribution is 6.60. The molecule has 0 heterocycles. The molecule has 0 rings (SSSR count). The van der Waals surface area contributed by atoms with Crippen molar-refractivity contribution >= 4 is 8.80 Å². The molecule has 0 atom stereocenters. The summed E-state index contributed by atoms with van der Waals surface area (Å²) in [5.74, 6) is 0. The topological polar surface area (TPSA) is 53.7 Å². The van der Waals surface area contributed by atoms with Gasteiger partial charge >= 0.3 is 8.80 Å². The van der Waals surface area contributed by atoms with E-state index in [-0.39, 0.29) is 0 Å². The van der Waals surface area contributed by atoms with Crippen molar-refractivity contribution in [1.29, 1.82) is 0 Å². The van der Waals surface area contributed by atoms with E-state index in [0.717, 1.165) is 0 Å². The lowest BCUT2D eigenvalue weighted by Crippen LogP contribution is -2.43. The van der Waals surface area contributed by atoms with Crippen molar-refractivity contribution < 1.29 is 13.3 Å². The molecule has 0 fully saturated rings. The molecule has 1 radical (unpaired) electrons. The first-order valence-electron chi connectivity index (χ1n) is 3.42. The minimum Gasteiger partial charge on any atom is -0.377 e. The van der Waals surface area contributed by atoms with Crippen LogP contribution in [0.2, 0.25) is 6.04 Å². The van der Waals surface area contributed by atoms with E-state index < -0.39 is 8.80 Å². The Morgan fingerprint density at radius 2 is 1.64 bits per heavy atom. The van der Waals surface area contributed by atoms with E-state index in [1.54, 1.807) is 21.3 Å². The van der Waals surface area contributed by atoms with Crippen LogP contribution in [0.25, 0.3) is 0 Å². The van der Waals surface area contributed by atoms with Crippen LogP contribution >= 0.6 is 0 Å². The monoisotopic (exact) mass is 178 g/mol. The molecule has 0 aromatic carbocycles. The second kappa shape index (κ2) is 5.67. The largest absolute Gasteiger partial charge is 0.500 e. The van der Waals surface area contributed by atoms with E-state index in [2.05, 4.69) is 0 Å². The van der Waals surface area contributed by atoms with Gasteiger partial charge in [-0.15, -0.1) is 0 Å². The van der Waals surface area contributed by atoms with E-state index in [0.29, 0.717) is 12.6 Å². The molecule has 0 spiro atoms. The Balaban J connectivity index is 3.84. The van der Waals surface area contributed by atoms with Crippen molar-refractivity contribution in [3.63, 3.8) is 0 Å². The van der Waals surface area contributed by atoms with Gasteiger partial charge in [0.15, 0.2) is 0 Å². The van der Waals surface area contributed by atoms with Gasteiger partial charge in [-0.3, -0.25) is 0 Å². The number of rotatable bonds is 6. The van der Waals surface area contributed by atoms with E-state index in [1.807, 2.05) is 6.42 Å². The van der Waals surface area contributed by atoms with Gasteiger partial charge in [-0.25, -0.2) is 0 Å². The van der Waals surface area contributed by atoms with Crippen LogP contribution in [0.15, 0.2) is 0 Å². The molecular weight excluding hydrogens is 162 g/mol. The number of nitrogens with two attached hydrogens (primary N) is 1. The van der Waals surface area contributed by atoms with Crippen molar-refractivity contribution in [2.45, 2.75) is 6.04 Å². The molecule has 0 aliphatic heterocycles. The van der Waals surface area contributed by atoms with E-state index in [4.69, 9.17) is 19.0 Å². The summed E-state index contributed by atoms with van der Waals surface area (Å²) < 4.78 is 15.4. The quantitative estimate of drug-likeness (QED) is 0.583. The lowest BCUT2D eigenvalue weighted by Gasteiger charge is -2.23. The zero-order chi connectivity index (χ0) is 8.74. The van der Waals surface area contributed by atoms with Gasteiger partial charge in [0.1, 0.15) is 0 Å².